The van der Waals surface area contributed by atoms with Crippen molar-refractivity contribution in [3.05, 3.63) is 41.8 Å². The number of para-hydroxylation sites is 1. The van der Waals surface area contributed by atoms with Crippen LogP contribution in [0.1, 0.15) is 30.2 Å². The van der Waals surface area contributed by atoms with Gasteiger partial charge in [0.15, 0.2) is 5.13 Å². The molecule has 1 aliphatic carbocycles. The molecule has 1 aromatic carbocycles. The van der Waals surface area contributed by atoms with E-state index < -0.39 is 0 Å². The van der Waals surface area contributed by atoms with Crippen LogP contribution in [0.25, 0.3) is 10.2 Å². The van der Waals surface area contributed by atoms with Gasteiger partial charge in [-0.1, -0.05) is 28.6 Å². The van der Waals surface area contributed by atoms with Crippen molar-refractivity contribution in [2.45, 2.75) is 25.3 Å². The smallest absolute Gasteiger partial charge is 0.186 e. The number of benzene rings is 1. The lowest BCUT2D eigenvalue weighted by Crippen LogP contribution is -2.46. The topological polar surface area (TPSA) is 45.4 Å². The van der Waals surface area contributed by atoms with Gasteiger partial charge in [0.2, 0.25) is 0 Å². The van der Waals surface area contributed by atoms with Gasteiger partial charge in [0.1, 0.15) is 5.76 Å². The third-order valence-corrected chi connectivity index (χ3v) is 5.97. The number of fused-ring (bicyclic) bond motifs is 1. The molecule has 6 heteroatoms. The van der Waals surface area contributed by atoms with Crippen LogP contribution in [0.4, 0.5) is 5.13 Å². The highest BCUT2D eigenvalue weighted by Gasteiger charge is 2.28. The highest BCUT2D eigenvalue weighted by molar-refractivity contribution is 7.22. The second-order valence-electron chi connectivity index (χ2n) is 6.72. The van der Waals surface area contributed by atoms with Crippen LogP contribution >= 0.6 is 11.3 Å². The Bertz CT molecular complexity index is 812. The summed E-state index contributed by atoms with van der Waals surface area (Å²) in [6.45, 7) is 5.02. The van der Waals surface area contributed by atoms with Gasteiger partial charge in [-0.3, -0.25) is 4.90 Å². The van der Waals surface area contributed by atoms with Crippen LogP contribution in [0.2, 0.25) is 0 Å². The largest absolute Gasteiger partial charge is 0.361 e. The molecule has 0 N–H and O–H groups in total. The zero-order chi connectivity index (χ0) is 15.9. The lowest BCUT2D eigenvalue weighted by atomic mass is 10.2. The predicted molar refractivity (Wildman–Crippen MR) is 95.6 cm³/mol. The number of hydrogen-bond donors (Lipinski definition) is 0. The number of thiazole rings is 1. The molecule has 0 amide bonds. The number of hydrogen-bond acceptors (Lipinski definition) is 6. The summed E-state index contributed by atoms with van der Waals surface area (Å²) >= 11 is 1.79. The molecule has 1 aliphatic heterocycles. The van der Waals surface area contributed by atoms with E-state index in [1.807, 2.05) is 0 Å². The molecule has 2 aliphatic rings. The Labute approximate surface area is 144 Å². The molecule has 0 bridgehead atoms. The van der Waals surface area contributed by atoms with Crippen LogP contribution in [-0.4, -0.2) is 41.2 Å². The first-order valence-corrected chi connectivity index (χ1v) is 9.45. The van der Waals surface area contributed by atoms with Crippen molar-refractivity contribution in [2.24, 2.45) is 0 Å². The van der Waals surface area contributed by atoms with Gasteiger partial charge in [-0.15, -0.1) is 0 Å². The molecule has 5 nitrogen and oxygen atoms in total. The van der Waals surface area contributed by atoms with Crippen molar-refractivity contribution in [3.8, 4) is 0 Å². The van der Waals surface area contributed by atoms with Gasteiger partial charge in [0, 0.05) is 44.7 Å². The molecule has 0 spiro atoms. The van der Waals surface area contributed by atoms with Gasteiger partial charge in [-0.2, -0.15) is 0 Å². The molecule has 124 valence electrons. The van der Waals surface area contributed by atoms with Crippen molar-refractivity contribution in [1.82, 2.24) is 15.0 Å². The molecule has 2 aromatic heterocycles. The van der Waals surface area contributed by atoms with Gasteiger partial charge in [0.05, 0.1) is 15.9 Å². The first kappa shape index (κ1) is 14.4. The summed E-state index contributed by atoms with van der Waals surface area (Å²) in [7, 11) is 0. The fraction of sp³-hybridized carbons (Fsp3) is 0.444. The highest BCUT2D eigenvalue weighted by Crippen LogP contribution is 2.40. The summed E-state index contributed by atoms with van der Waals surface area (Å²) in [5.74, 6) is 1.72. The van der Waals surface area contributed by atoms with Crippen LogP contribution in [0.3, 0.4) is 0 Å². The Balaban J connectivity index is 1.21. The van der Waals surface area contributed by atoms with E-state index in [4.69, 9.17) is 9.51 Å². The van der Waals surface area contributed by atoms with Crippen LogP contribution in [0.5, 0.6) is 0 Å². The second-order valence-corrected chi connectivity index (χ2v) is 7.73. The third-order valence-electron chi connectivity index (χ3n) is 4.87. The maximum atomic E-state index is 5.46. The molecule has 5 rings (SSSR count). The molecular weight excluding hydrogens is 320 g/mol. The van der Waals surface area contributed by atoms with Crippen molar-refractivity contribution >= 4 is 26.7 Å². The molecule has 3 heterocycles. The Morgan fingerprint density at radius 2 is 1.96 bits per heavy atom. The summed E-state index contributed by atoms with van der Waals surface area (Å²) in [6.07, 6.45) is 2.52. The maximum absolute atomic E-state index is 5.46. The lowest BCUT2D eigenvalue weighted by Gasteiger charge is -2.34. The zero-order valence-corrected chi connectivity index (χ0v) is 14.3. The maximum Gasteiger partial charge on any atom is 0.186 e. The summed E-state index contributed by atoms with van der Waals surface area (Å²) in [6, 6.07) is 10.5. The molecule has 24 heavy (non-hydrogen) atoms. The van der Waals surface area contributed by atoms with E-state index in [9.17, 15) is 0 Å². The summed E-state index contributed by atoms with van der Waals surface area (Å²) in [4.78, 5) is 9.63. The molecule has 3 aromatic rings. The monoisotopic (exact) mass is 340 g/mol. The quantitative estimate of drug-likeness (QED) is 0.727. The Morgan fingerprint density at radius 1 is 1.12 bits per heavy atom. The molecule has 0 radical (unpaired) electrons. The number of nitrogens with zero attached hydrogens (tertiary/aromatic N) is 4. The van der Waals surface area contributed by atoms with E-state index in [-0.39, 0.29) is 0 Å². The molecular formula is C18H20N4OS. The minimum Gasteiger partial charge on any atom is -0.361 e. The zero-order valence-electron chi connectivity index (χ0n) is 13.5. The molecule has 0 unspecified atom stereocenters. The minimum absolute atomic E-state index is 0.641. The third kappa shape index (κ3) is 2.80. The fourth-order valence-corrected chi connectivity index (χ4v) is 4.30. The summed E-state index contributed by atoms with van der Waals surface area (Å²) < 4.78 is 6.73. The van der Waals surface area contributed by atoms with E-state index in [1.54, 1.807) is 11.3 Å². The number of rotatable bonds is 4. The Hall–Kier alpha value is -1.92. The van der Waals surface area contributed by atoms with Gasteiger partial charge >= 0.3 is 0 Å². The Morgan fingerprint density at radius 3 is 2.75 bits per heavy atom. The van der Waals surface area contributed by atoms with E-state index in [0.717, 1.165) is 54.8 Å². The average molecular weight is 340 g/mol. The van der Waals surface area contributed by atoms with Crippen molar-refractivity contribution in [3.63, 3.8) is 0 Å². The minimum atomic E-state index is 0.641. The number of piperazine rings is 1. The molecule has 1 saturated carbocycles. The van der Waals surface area contributed by atoms with Crippen LogP contribution < -0.4 is 4.90 Å². The molecule has 1 saturated heterocycles. The SMILES string of the molecule is c1ccc2sc(N3CCN(Cc4cc(C5CC5)on4)CC3)nc2c1. The predicted octanol–water partition coefficient (Wildman–Crippen LogP) is 3.48. The van der Waals surface area contributed by atoms with E-state index in [1.165, 1.54) is 17.5 Å². The van der Waals surface area contributed by atoms with Crippen molar-refractivity contribution in [1.29, 1.82) is 0 Å². The first-order chi connectivity index (χ1) is 11.8. The van der Waals surface area contributed by atoms with Gasteiger partial charge < -0.3 is 9.42 Å². The van der Waals surface area contributed by atoms with Crippen LogP contribution in [-0.2, 0) is 6.54 Å². The van der Waals surface area contributed by atoms with Crippen LogP contribution in [0.15, 0.2) is 34.9 Å². The standard InChI is InChI=1S/C18H20N4OS/c1-2-4-17-15(3-1)19-18(24-17)22-9-7-21(8-10-22)12-14-11-16(23-20-14)13-5-6-13/h1-4,11,13H,5-10,12H2. The number of anilines is 1. The van der Waals surface area contributed by atoms with E-state index in [2.05, 4.69) is 45.3 Å². The highest BCUT2D eigenvalue weighted by atomic mass is 32.1. The van der Waals surface area contributed by atoms with Crippen molar-refractivity contribution in [2.75, 3.05) is 31.1 Å². The molecule has 0 atom stereocenters. The summed E-state index contributed by atoms with van der Waals surface area (Å²) in [5.41, 5.74) is 2.18. The summed E-state index contributed by atoms with van der Waals surface area (Å²) in [5, 5.41) is 5.38. The normalized spacial score (nSPS) is 19.2. The van der Waals surface area contributed by atoms with E-state index in [0.29, 0.717) is 5.92 Å². The Kier molecular flexibility index (Phi) is 3.52. The van der Waals surface area contributed by atoms with Gasteiger partial charge in [-0.25, -0.2) is 4.98 Å². The fourth-order valence-electron chi connectivity index (χ4n) is 3.28. The van der Waals surface area contributed by atoms with Gasteiger partial charge in [0.25, 0.3) is 0 Å². The van der Waals surface area contributed by atoms with Gasteiger partial charge in [-0.05, 0) is 25.0 Å². The van der Waals surface area contributed by atoms with Crippen molar-refractivity contribution < 1.29 is 4.52 Å². The number of aromatic nitrogens is 2. The van der Waals surface area contributed by atoms with Crippen LogP contribution in [0, 0.1) is 0 Å². The lowest BCUT2D eigenvalue weighted by molar-refractivity contribution is 0.241. The first-order valence-electron chi connectivity index (χ1n) is 8.63. The average Bonchev–Trinajstić information content (AvgIpc) is 3.20. The molecule has 2 fully saturated rings. The van der Waals surface area contributed by atoms with E-state index >= 15 is 0 Å². The second kappa shape index (κ2) is 5.86.